The van der Waals surface area contributed by atoms with Crippen LogP contribution in [0.5, 0.6) is 0 Å². The lowest BCUT2D eigenvalue weighted by atomic mass is 9.90. The van der Waals surface area contributed by atoms with Crippen LogP contribution >= 0.6 is 0 Å². The maximum absolute atomic E-state index is 13.1. The van der Waals surface area contributed by atoms with Gasteiger partial charge in [0.2, 0.25) is 0 Å². The van der Waals surface area contributed by atoms with E-state index in [9.17, 15) is 4.79 Å². The minimum absolute atomic E-state index is 0.0463. The van der Waals surface area contributed by atoms with Gasteiger partial charge in [0.1, 0.15) is 5.76 Å². The molecule has 0 N–H and O–H groups in total. The highest BCUT2D eigenvalue weighted by Crippen LogP contribution is 2.28. The second-order valence-electron chi connectivity index (χ2n) is 7.20. The lowest BCUT2D eigenvalue weighted by Gasteiger charge is -2.31. The van der Waals surface area contributed by atoms with E-state index in [-0.39, 0.29) is 5.91 Å². The molecular formula is C20H30N4O3. The van der Waals surface area contributed by atoms with Crippen LogP contribution in [-0.2, 0) is 30.7 Å². The Morgan fingerprint density at radius 2 is 2.26 bits per heavy atom. The van der Waals surface area contributed by atoms with Crippen LogP contribution < -0.4 is 0 Å². The maximum Gasteiger partial charge on any atom is 0.274 e. The molecule has 0 fully saturated rings. The van der Waals surface area contributed by atoms with E-state index >= 15 is 0 Å². The van der Waals surface area contributed by atoms with Gasteiger partial charge in [-0.3, -0.25) is 9.48 Å². The molecule has 0 bridgehead atoms. The van der Waals surface area contributed by atoms with Crippen molar-refractivity contribution in [1.82, 2.24) is 19.6 Å². The van der Waals surface area contributed by atoms with Crippen molar-refractivity contribution in [3.63, 3.8) is 0 Å². The van der Waals surface area contributed by atoms with Gasteiger partial charge in [-0.2, -0.15) is 5.10 Å². The van der Waals surface area contributed by atoms with Gasteiger partial charge in [0.05, 0.1) is 19.4 Å². The number of hydrogen-bond acceptors (Lipinski definition) is 5. The summed E-state index contributed by atoms with van der Waals surface area (Å²) in [4.78, 5) is 17.1. The first-order chi connectivity index (χ1) is 13.0. The third-order valence-corrected chi connectivity index (χ3v) is 5.41. The van der Waals surface area contributed by atoms with Gasteiger partial charge in [-0.1, -0.05) is 0 Å². The number of amides is 1. The molecule has 1 aliphatic carbocycles. The summed E-state index contributed by atoms with van der Waals surface area (Å²) in [6.07, 6.45) is 4.51. The fraction of sp³-hybridized carbons (Fsp3) is 0.600. The molecule has 0 saturated carbocycles. The Hall–Kier alpha value is -2.12. The molecular weight excluding hydrogens is 344 g/mol. The third-order valence-electron chi connectivity index (χ3n) is 5.41. The molecule has 148 valence electrons. The number of furan rings is 1. The van der Waals surface area contributed by atoms with Crippen LogP contribution in [0.25, 0.3) is 0 Å². The van der Waals surface area contributed by atoms with Gasteiger partial charge in [0, 0.05) is 44.5 Å². The van der Waals surface area contributed by atoms with Gasteiger partial charge in [0.15, 0.2) is 5.69 Å². The van der Waals surface area contributed by atoms with Crippen LogP contribution in [0, 0.1) is 0 Å². The van der Waals surface area contributed by atoms with E-state index in [0.717, 1.165) is 43.7 Å². The Bertz CT molecular complexity index is 754. The van der Waals surface area contributed by atoms with Crippen molar-refractivity contribution >= 4 is 5.91 Å². The first-order valence-corrected chi connectivity index (χ1v) is 9.60. The number of aryl methyl sites for hydroxylation is 1. The number of aromatic nitrogens is 2. The van der Waals surface area contributed by atoms with E-state index in [4.69, 9.17) is 9.15 Å². The second-order valence-corrected chi connectivity index (χ2v) is 7.20. The molecule has 1 amide bonds. The number of rotatable bonds is 8. The predicted molar refractivity (Wildman–Crippen MR) is 103 cm³/mol. The summed E-state index contributed by atoms with van der Waals surface area (Å²) < 4.78 is 12.6. The Kier molecular flexibility index (Phi) is 6.34. The van der Waals surface area contributed by atoms with Crippen LogP contribution in [0.4, 0.5) is 0 Å². The topological polar surface area (TPSA) is 63.7 Å². The van der Waals surface area contributed by atoms with Crippen LogP contribution in [0.15, 0.2) is 22.8 Å². The SMILES string of the molecule is CCn1nc(C(=O)N(C)Cc2ccco2)c2c1CCC(N(C)CCOC)C2. The molecule has 27 heavy (non-hydrogen) atoms. The normalized spacial score (nSPS) is 16.6. The molecule has 0 saturated heterocycles. The van der Waals surface area contributed by atoms with Gasteiger partial charge in [-0.05, 0) is 45.4 Å². The zero-order chi connectivity index (χ0) is 19.4. The minimum Gasteiger partial charge on any atom is -0.467 e. The van der Waals surface area contributed by atoms with Crippen LogP contribution in [-0.4, -0.2) is 65.9 Å². The van der Waals surface area contributed by atoms with E-state index in [1.54, 1.807) is 25.3 Å². The molecule has 3 rings (SSSR count). The molecule has 7 heteroatoms. The molecule has 2 aromatic rings. The minimum atomic E-state index is -0.0463. The average Bonchev–Trinajstić information content (AvgIpc) is 3.32. The van der Waals surface area contributed by atoms with E-state index < -0.39 is 0 Å². The molecule has 2 heterocycles. The standard InChI is InChI=1S/C20H30N4O3/c1-5-24-18-9-8-15(22(2)10-12-26-4)13-17(18)19(21-24)20(25)23(3)14-16-7-6-11-27-16/h6-7,11,15H,5,8-10,12-14H2,1-4H3. The fourth-order valence-electron chi connectivity index (χ4n) is 3.79. The van der Waals surface area contributed by atoms with Crippen molar-refractivity contribution in [2.45, 2.75) is 45.3 Å². The molecule has 1 atom stereocenters. The molecule has 0 aromatic carbocycles. The number of likely N-dealkylation sites (N-methyl/N-ethyl adjacent to an activating group) is 1. The van der Waals surface area contributed by atoms with Gasteiger partial charge in [0.25, 0.3) is 5.91 Å². The van der Waals surface area contributed by atoms with E-state index in [2.05, 4.69) is 24.0 Å². The fourth-order valence-corrected chi connectivity index (χ4v) is 3.79. The zero-order valence-electron chi connectivity index (χ0n) is 16.8. The number of hydrogen-bond donors (Lipinski definition) is 0. The molecule has 7 nitrogen and oxygen atoms in total. The number of carbonyl (C=O) groups is 1. The largest absolute Gasteiger partial charge is 0.467 e. The molecule has 0 spiro atoms. The molecule has 1 aliphatic rings. The van der Waals surface area contributed by atoms with E-state index in [1.165, 1.54) is 5.69 Å². The van der Waals surface area contributed by atoms with Crippen molar-refractivity contribution in [2.24, 2.45) is 0 Å². The maximum atomic E-state index is 13.1. The van der Waals surface area contributed by atoms with E-state index in [1.807, 2.05) is 16.8 Å². The van der Waals surface area contributed by atoms with Gasteiger partial charge < -0.3 is 19.0 Å². The van der Waals surface area contributed by atoms with E-state index in [0.29, 0.717) is 24.9 Å². The van der Waals surface area contributed by atoms with Crippen molar-refractivity contribution < 1.29 is 13.9 Å². The highest BCUT2D eigenvalue weighted by atomic mass is 16.5. The summed E-state index contributed by atoms with van der Waals surface area (Å²) in [6.45, 7) is 4.90. The first-order valence-electron chi connectivity index (χ1n) is 9.60. The van der Waals surface area contributed by atoms with Crippen molar-refractivity contribution in [3.05, 3.63) is 41.1 Å². The molecule has 0 radical (unpaired) electrons. The summed E-state index contributed by atoms with van der Waals surface area (Å²) in [6, 6.07) is 4.12. The van der Waals surface area contributed by atoms with Crippen LogP contribution in [0.2, 0.25) is 0 Å². The summed E-state index contributed by atoms with van der Waals surface area (Å²) in [5.41, 5.74) is 2.91. The lowest BCUT2D eigenvalue weighted by Crippen LogP contribution is -2.39. The Labute approximate surface area is 160 Å². The quantitative estimate of drug-likeness (QED) is 0.709. The molecule has 2 aromatic heterocycles. The summed E-state index contributed by atoms with van der Waals surface area (Å²) >= 11 is 0. The second kappa shape index (κ2) is 8.71. The molecule has 1 unspecified atom stereocenters. The zero-order valence-corrected chi connectivity index (χ0v) is 16.8. The Morgan fingerprint density at radius 1 is 1.44 bits per heavy atom. The van der Waals surface area contributed by atoms with Crippen molar-refractivity contribution in [2.75, 3.05) is 34.4 Å². The monoisotopic (exact) mass is 374 g/mol. The van der Waals surface area contributed by atoms with Crippen LogP contribution in [0.1, 0.15) is 40.9 Å². The number of fused-ring (bicyclic) bond motifs is 1. The lowest BCUT2D eigenvalue weighted by molar-refractivity contribution is 0.0766. The highest BCUT2D eigenvalue weighted by molar-refractivity contribution is 5.94. The van der Waals surface area contributed by atoms with Crippen LogP contribution in [0.3, 0.4) is 0 Å². The summed E-state index contributed by atoms with van der Waals surface area (Å²) in [5, 5.41) is 4.67. The van der Waals surface area contributed by atoms with Gasteiger partial charge in [-0.25, -0.2) is 0 Å². The third kappa shape index (κ3) is 4.25. The molecule has 0 aliphatic heterocycles. The van der Waals surface area contributed by atoms with Crippen molar-refractivity contribution in [1.29, 1.82) is 0 Å². The summed E-state index contributed by atoms with van der Waals surface area (Å²) in [7, 11) is 5.65. The first kappa shape index (κ1) is 19.6. The smallest absolute Gasteiger partial charge is 0.274 e. The van der Waals surface area contributed by atoms with Gasteiger partial charge >= 0.3 is 0 Å². The predicted octanol–water partition coefficient (Wildman–Crippen LogP) is 2.20. The number of methoxy groups -OCH3 is 1. The van der Waals surface area contributed by atoms with Gasteiger partial charge in [-0.15, -0.1) is 0 Å². The number of carbonyl (C=O) groups excluding carboxylic acids is 1. The Morgan fingerprint density at radius 3 is 2.93 bits per heavy atom. The Balaban J connectivity index is 1.80. The number of nitrogens with zero attached hydrogens (tertiary/aromatic N) is 4. The number of ether oxygens (including phenoxy) is 1. The van der Waals surface area contributed by atoms with Crippen molar-refractivity contribution in [3.8, 4) is 0 Å². The highest BCUT2D eigenvalue weighted by Gasteiger charge is 2.31. The average molecular weight is 374 g/mol. The summed E-state index contributed by atoms with van der Waals surface area (Å²) in [5.74, 6) is 0.724.